The quantitative estimate of drug-likeness (QED) is 0.754. The third-order valence-electron chi connectivity index (χ3n) is 5.62. The first-order valence-electron chi connectivity index (χ1n) is 10.8. The number of piperazine rings is 1. The van der Waals surface area contributed by atoms with E-state index in [-0.39, 0.29) is 0 Å². The van der Waals surface area contributed by atoms with Gasteiger partial charge in [-0.25, -0.2) is 9.97 Å². The molecule has 0 amide bonds. The van der Waals surface area contributed by atoms with E-state index >= 15 is 0 Å². The molecule has 6 nitrogen and oxygen atoms in total. The fourth-order valence-electron chi connectivity index (χ4n) is 4.18. The molecule has 3 rings (SSSR count). The van der Waals surface area contributed by atoms with Gasteiger partial charge < -0.3 is 14.7 Å². The normalized spacial score (nSPS) is 15.6. The molecule has 0 atom stereocenters. The number of aliphatic hydroxyl groups is 1. The Labute approximate surface area is 180 Å². The lowest BCUT2D eigenvalue weighted by Crippen LogP contribution is -2.51. The third-order valence-corrected chi connectivity index (χ3v) is 5.62. The number of ether oxygens (including phenoxy) is 1. The molecule has 1 N–H and O–H groups in total. The maximum Gasteiger partial charge on any atom is 0.136 e. The number of nitrogens with zero attached hydrogens (tertiary/aromatic N) is 4. The second-order valence-electron chi connectivity index (χ2n) is 9.14. The summed E-state index contributed by atoms with van der Waals surface area (Å²) in [7, 11) is 1.72. The second-order valence-corrected chi connectivity index (χ2v) is 9.14. The van der Waals surface area contributed by atoms with Crippen molar-refractivity contribution in [3.8, 4) is 0 Å². The maximum absolute atomic E-state index is 10.2. The van der Waals surface area contributed by atoms with Crippen LogP contribution >= 0.6 is 0 Å². The number of aromatic nitrogens is 2. The predicted molar refractivity (Wildman–Crippen MR) is 121 cm³/mol. The number of hydrogen-bond acceptors (Lipinski definition) is 6. The molecular weight excluding hydrogens is 376 g/mol. The SMILES string of the molecule is COCc1nc(C)nc(N2CCN(CC(C)(C)O)CC2)c1Cc1cc(C)ccc1C. The van der Waals surface area contributed by atoms with Gasteiger partial charge in [-0.15, -0.1) is 0 Å². The average Bonchev–Trinajstić information content (AvgIpc) is 2.66. The zero-order valence-corrected chi connectivity index (χ0v) is 19.3. The van der Waals surface area contributed by atoms with Gasteiger partial charge in [0.1, 0.15) is 11.6 Å². The van der Waals surface area contributed by atoms with Gasteiger partial charge in [-0.05, 0) is 45.7 Å². The van der Waals surface area contributed by atoms with Crippen LogP contribution < -0.4 is 4.90 Å². The monoisotopic (exact) mass is 412 g/mol. The summed E-state index contributed by atoms with van der Waals surface area (Å²) < 4.78 is 5.48. The van der Waals surface area contributed by atoms with E-state index < -0.39 is 5.60 Å². The Morgan fingerprint density at radius 1 is 1.07 bits per heavy atom. The van der Waals surface area contributed by atoms with Crippen molar-refractivity contribution >= 4 is 5.82 Å². The highest BCUT2D eigenvalue weighted by atomic mass is 16.5. The zero-order valence-electron chi connectivity index (χ0n) is 19.3. The van der Waals surface area contributed by atoms with E-state index in [9.17, 15) is 5.11 Å². The maximum atomic E-state index is 10.2. The number of methoxy groups -OCH3 is 1. The highest BCUT2D eigenvalue weighted by Gasteiger charge is 2.26. The molecule has 0 unspecified atom stereocenters. The largest absolute Gasteiger partial charge is 0.389 e. The molecule has 2 heterocycles. The Hall–Kier alpha value is -2.02. The summed E-state index contributed by atoms with van der Waals surface area (Å²) in [6, 6.07) is 6.60. The van der Waals surface area contributed by atoms with Gasteiger partial charge in [0, 0.05) is 51.8 Å². The minimum Gasteiger partial charge on any atom is -0.389 e. The first-order valence-corrected chi connectivity index (χ1v) is 10.8. The molecule has 6 heteroatoms. The van der Waals surface area contributed by atoms with Gasteiger partial charge in [0.05, 0.1) is 17.9 Å². The van der Waals surface area contributed by atoms with Crippen LogP contribution in [-0.2, 0) is 17.8 Å². The van der Waals surface area contributed by atoms with Crippen molar-refractivity contribution in [3.63, 3.8) is 0 Å². The number of hydrogen-bond donors (Lipinski definition) is 1. The van der Waals surface area contributed by atoms with E-state index in [2.05, 4.69) is 41.8 Å². The molecule has 1 fully saturated rings. The van der Waals surface area contributed by atoms with Crippen LogP contribution in [0.3, 0.4) is 0 Å². The second kappa shape index (κ2) is 9.41. The molecule has 30 heavy (non-hydrogen) atoms. The topological polar surface area (TPSA) is 61.7 Å². The molecule has 0 saturated carbocycles. The lowest BCUT2D eigenvalue weighted by Gasteiger charge is -2.38. The first kappa shape index (κ1) is 22.7. The lowest BCUT2D eigenvalue weighted by atomic mass is 9.97. The van der Waals surface area contributed by atoms with Gasteiger partial charge in [0.25, 0.3) is 0 Å². The molecule has 0 aliphatic carbocycles. The van der Waals surface area contributed by atoms with Gasteiger partial charge in [-0.2, -0.15) is 0 Å². The molecule has 1 aliphatic rings. The van der Waals surface area contributed by atoms with Crippen molar-refractivity contribution in [2.75, 3.05) is 44.7 Å². The van der Waals surface area contributed by atoms with Crippen molar-refractivity contribution in [2.45, 2.75) is 53.2 Å². The van der Waals surface area contributed by atoms with Crippen LogP contribution in [0, 0.1) is 20.8 Å². The van der Waals surface area contributed by atoms with Crippen LogP contribution in [0.2, 0.25) is 0 Å². The zero-order chi connectivity index (χ0) is 21.9. The van der Waals surface area contributed by atoms with Gasteiger partial charge in [-0.1, -0.05) is 23.8 Å². The summed E-state index contributed by atoms with van der Waals surface area (Å²) in [5.74, 6) is 1.80. The van der Waals surface area contributed by atoms with Crippen LogP contribution in [0.5, 0.6) is 0 Å². The van der Waals surface area contributed by atoms with E-state index in [1.54, 1.807) is 7.11 Å². The summed E-state index contributed by atoms with van der Waals surface area (Å²) in [5.41, 5.74) is 5.31. The Bertz CT molecular complexity index is 868. The highest BCUT2D eigenvalue weighted by Crippen LogP contribution is 2.27. The minimum atomic E-state index is -0.673. The van der Waals surface area contributed by atoms with Gasteiger partial charge >= 0.3 is 0 Å². The van der Waals surface area contributed by atoms with Crippen LogP contribution in [0.25, 0.3) is 0 Å². The molecular formula is C24H36N4O2. The van der Waals surface area contributed by atoms with Crippen molar-refractivity contribution < 1.29 is 9.84 Å². The Balaban J connectivity index is 1.91. The molecule has 2 aromatic rings. The fraction of sp³-hybridized carbons (Fsp3) is 0.583. The van der Waals surface area contributed by atoms with E-state index in [0.29, 0.717) is 13.2 Å². The highest BCUT2D eigenvalue weighted by molar-refractivity contribution is 5.52. The van der Waals surface area contributed by atoms with Gasteiger partial charge in [0.2, 0.25) is 0 Å². The average molecular weight is 413 g/mol. The third kappa shape index (κ3) is 5.78. The van der Waals surface area contributed by atoms with Crippen molar-refractivity contribution in [1.82, 2.24) is 14.9 Å². The Morgan fingerprint density at radius 2 is 1.77 bits per heavy atom. The summed E-state index contributed by atoms with van der Waals surface area (Å²) >= 11 is 0. The number of rotatable bonds is 7. The molecule has 1 aromatic heterocycles. The molecule has 0 spiro atoms. The van der Waals surface area contributed by atoms with Crippen LogP contribution in [0.4, 0.5) is 5.82 Å². The number of benzene rings is 1. The predicted octanol–water partition coefficient (Wildman–Crippen LogP) is 3.03. The van der Waals surface area contributed by atoms with Crippen LogP contribution in [0.1, 0.15) is 47.6 Å². The smallest absolute Gasteiger partial charge is 0.136 e. The summed E-state index contributed by atoms with van der Waals surface area (Å²) in [6.07, 6.45) is 0.797. The van der Waals surface area contributed by atoms with Crippen molar-refractivity contribution in [1.29, 1.82) is 0 Å². The number of β-amino-alcohol motifs (C(OH)–C–C–N with tert-alkyl or cyclic N) is 1. The molecule has 1 aliphatic heterocycles. The van der Waals surface area contributed by atoms with Crippen LogP contribution in [0.15, 0.2) is 18.2 Å². The van der Waals surface area contributed by atoms with E-state index in [4.69, 9.17) is 14.7 Å². The summed E-state index contributed by atoms with van der Waals surface area (Å²) in [6.45, 7) is 14.8. The summed E-state index contributed by atoms with van der Waals surface area (Å²) in [4.78, 5) is 14.3. The molecule has 164 valence electrons. The summed E-state index contributed by atoms with van der Waals surface area (Å²) in [5, 5.41) is 10.2. The fourth-order valence-corrected chi connectivity index (χ4v) is 4.18. The molecule has 0 radical (unpaired) electrons. The van der Waals surface area contributed by atoms with E-state index in [1.165, 1.54) is 16.7 Å². The minimum absolute atomic E-state index is 0.481. The first-order chi connectivity index (χ1) is 14.2. The number of aryl methyl sites for hydroxylation is 3. The van der Waals surface area contributed by atoms with E-state index in [1.807, 2.05) is 20.8 Å². The van der Waals surface area contributed by atoms with Crippen molar-refractivity contribution in [2.24, 2.45) is 0 Å². The lowest BCUT2D eigenvalue weighted by molar-refractivity contribution is 0.0344. The van der Waals surface area contributed by atoms with Gasteiger partial charge in [0.15, 0.2) is 0 Å². The van der Waals surface area contributed by atoms with Gasteiger partial charge in [-0.3, -0.25) is 4.90 Å². The molecule has 1 saturated heterocycles. The molecule has 1 aromatic carbocycles. The molecule has 0 bridgehead atoms. The van der Waals surface area contributed by atoms with Crippen molar-refractivity contribution in [3.05, 3.63) is 52.0 Å². The van der Waals surface area contributed by atoms with E-state index in [0.717, 1.165) is 55.5 Å². The Kier molecular flexibility index (Phi) is 7.11. The standard InChI is InChI=1S/C24H36N4O2/c1-17-7-8-18(2)20(13-17)14-21-22(15-30-6)25-19(3)26-23(21)28-11-9-27(10-12-28)16-24(4,5)29/h7-8,13,29H,9-12,14-16H2,1-6H3. The number of anilines is 1. The Morgan fingerprint density at radius 3 is 2.40 bits per heavy atom. The van der Waals surface area contributed by atoms with Crippen LogP contribution in [-0.4, -0.2) is 65.4 Å².